The number of hydrogen-bond acceptors (Lipinski definition) is 3. The average Bonchev–Trinajstić information content (AvgIpc) is 3.06. The van der Waals surface area contributed by atoms with Gasteiger partial charge in [0.2, 0.25) is 5.91 Å². The van der Waals surface area contributed by atoms with E-state index in [0.29, 0.717) is 25.7 Å². The topological polar surface area (TPSA) is 60.9 Å². The van der Waals surface area contributed by atoms with E-state index in [-0.39, 0.29) is 11.8 Å². The van der Waals surface area contributed by atoms with Crippen LogP contribution in [0.3, 0.4) is 0 Å². The van der Waals surface area contributed by atoms with E-state index < -0.39 is 11.9 Å². The van der Waals surface area contributed by atoms with Crippen molar-refractivity contribution in [2.75, 3.05) is 26.7 Å². The second kappa shape index (κ2) is 8.21. The van der Waals surface area contributed by atoms with Gasteiger partial charge in [-0.2, -0.15) is 0 Å². The number of amides is 1. The van der Waals surface area contributed by atoms with E-state index in [0.717, 1.165) is 24.0 Å². The van der Waals surface area contributed by atoms with Crippen molar-refractivity contribution in [1.29, 1.82) is 0 Å². The predicted molar refractivity (Wildman–Crippen MR) is 101 cm³/mol. The van der Waals surface area contributed by atoms with Crippen LogP contribution in [0, 0.1) is 12.8 Å². The lowest BCUT2D eigenvalue weighted by molar-refractivity contribution is -0.142. The number of carboxylic acids is 1. The van der Waals surface area contributed by atoms with Gasteiger partial charge in [0.1, 0.15) is 0 Å². The van der Waals surface area contributed by atoms with E-state index in [1.54, 1.807) is 0 Å². The third kappa shape index (κ3) is 4.09. The Morgan fingerprint density at radius 1 is 1.15 bits per heavy atom. The maximum Gasteiger partial charge on any atom is 0.308 e. The Labute approximate surface area is 156 Å². The Hall–Kier alpha value is -1.88. The van der Waals surface area contributed by atoms with E-state index in [2.05, 4.69) is 0 Å². The highest BCUT2D eigenvalue weighted by Crippen LogP contribution is 2.34. The minimum atomic E-state index is -0.770. The van der Waals surface area contributed by atoms with Crippen molar-refractivity contribution in [2.45, 2.75) is 51.0 Å². The Balaban J connectivity index is 1.67. The lowest BCUT2D eigenvalue weighted by atomic mass is 9.86. The Kier molecular flexibility index (Phi) is 5.97. The van der Waals surface area contributed by atoms with Gasteiger partial charge in [-0.25, -0.2) is 0 Å². The number of carbonyl (C=O) groups excluding carboxylic acids is 1. The molecule has 1 saturated heterocycles. The highest BCUT2D eigenvalue weighted by molar-refractivity contribution is 5.79. The highest BCUT2D eigenvalue weighted by atomic mass is 16.4. The van der Waals surface area contributed by atoms with Crippen molar-refractivity contribution in [3.8, 4) is 0 Å². The molecule has 1 aromatic carbocycles. The van der Waals surface area contributed by atoms with Crippen LogP contribution in [-0.2, 0) is 9.59 Å². The van der Waals surface area contributed by atoms with Crippen molar-refractivity contribution in [3.63, 3.8) is 0 Å². The monoisotopic (exact) mass is 358 g/mol. The number of aryl methyl sites for hydroxylation is 1. The molecule has 1 aliphatic carbocycles. The van der Waals surface area contributed by atoms with Crippen LogP contribution in [-0.4, -0.2) is 59.5 Å². The Morgan fingerprint density at radius 2 is 1.85 bits per heavy atom. The number of likely N-dealkylation sites (N-methyl/N-ethyl adjacent to an activating group) is 1. The molecule has 26 heavy (non-hydrogen) atoms. The van der Waals surface area contributed by atoms with Crippen LogP contribution in [0.5, 0.6) is 0 Å². The molecule has 2 fully saturated rings. The number of likely N-dealkylation sites (tertiary alicyclic amines) is 1. The number of rotatable bonds is 5. The van der Waals surface area contributed by atoms with Gasteiger partial charge in [-0.3, -0.25) is 14.5 Å². The number of nitrogens with zero attached hydrogens (tertiary/aromatic N) is 2. The fourth-order valence-corrected chi connectivity index (χ4v) is 4.56. The van der Waals surface area contributed by atoms with E-state index >= 15 is 0 Å². The van der Waals surface area contributed by atoms with E-state index in [4.69, 9.17) is 0 Å². The first kappa shape index (κ1) is 18.9. The molecule has 1 aromatic rings. The summed E-state index contributed by atoms with van der Waals surface area (Å²) in [5.74, 6) is -1.16. The minimum absolute atomic E-state index is 0.0542. The lowest BCUT2D eigenvalue weighted by Gasteiger charge is -2.32. The van der Waals surface area contributed by atoms with Gasteiger partial charge in [-0.1, -0.05) is 43.5 Å². The summed E-state index contributed by atoms with van der Waals surface area (Å²) >= 11 is 0. The van der Waals surface area contributed by atoms with Crippen molar-refractivity contribution in [3.05, 3.63) is 35.4 Å². The summed E-state index contributed by atoms with van der Waals surface area (Å²) in [7, 11) is 1.90. The van der Waals surface area contributed by atoms with E-state index in [9.17, 15) is 14.7 Å². The summed E-state index contributed by atoms with van der Waals surface area (Å²) in [6.07, 6.45) is 5.84. The van der Waals surface area contributed by atoms with Gasteiger partial charge >= 0.3 is 5.97 Å². The molecule has 5 nitrogen and oxygen atoms in total. The quantitative estimate of drug-likeness (QED) is 0.879. The second-order valence-electron chi connectivity index (χ2n) is 7.90. The number of carbonyl (C=O) groups is 2. The first-order valence-corrected chi connectivity index (χ1v) is 9.73. The predicted octanol–water partition coefficient (Wildman–Crippen LogP) is 2.89. The molecule has 0 radical (unpaired) electrons. The van der Waals surface area contributed by atoms with Crippen LogP contribution < -0.4 is 0 Å². The Morgan fingerprint density at radius 3 is 2.50 bits per heavy atom. The zero-order valence-electron chi connectivity index (χ0n) is 15.9. The van der Waals surface area contributed by atoms with Crippen LogP contribution >= 0.6 is 0 Å². The molecule has 142 valence electrons. The molecule has 0 bridgehead atoms. The summed E-state index contributed by atoms with van der Waals surface area (Å²) in [5, 5.41) is 9.68. The number of hydrogen-bond donors (Lipinski definition) is 1. The van der Waals surface area contributed by atoms with Crippen molar-refractivity contribution in [2.24, 2.45) is 5.92 Å². The first-order valence-electron chi connectivity index (χ1n) is 9.73. The third-order valence-corrected chi connectivity index (χ3v) is 6.18. The molecule has 2 atom stereocenters. The molecular weight excluding hydrogens is 328 g/mol. The SMILES string of the molecule is Cc1ccccc1[C@@H]1CN(CC(=O)N(C)C2CCCCC2)C[C@H]1C(=O)O. The fraction of sp³-hybridized carbons (Fsp3) is 0.619. The molecule has 3 rings (SSSR count). The molecule has 1 aliphatic heterocycles. The standard InChI is InChI=1S/C21H30N2O3/c1-15-8-6-7-11-17(15)18-12-23(13-19(18)21(25)26)14-20(24)22(2)16-9-4-3-5-10-16/h6-8,11,16,18-19H,3-5,9-10,12-14H2,1-2H3,(H,25,26)/t18-,19+/m0/s1. The van der Waals surface area contributed by atoms with E-state index in [1.165, 1.54) is 19.3 Å². The van der Waals surface area contributed by atoms with Crippen molar-refractivity contribution < 1.29 is 14.7 Å². The summed E-state index contributed by atoms with van der Waals surface area (Å²) in [4.78, 5) is 28.4. The number of aliphatic carboxylic acids is 1. The molecule has 0 aromatic heterocycles. The van der Waals surface area contributed by atoms with Gasteiger partial charge in [0, 0.05) is 32.1 Å². The van der Waals surface area contributed by atoms with Gasteiger partial charge in [0.15, 0.2) is 0 Å². The van der Waals surface area contributed by atoms with Crippen LogP contribution in [0.25, 0.3) is 0 Å². The molecule has 5 heteroatoms. The minimum Gasteiger partial charge on any atom is -0.481 e. The Bertz CT molecular complexity index is 654. The van der Waals surface area contributed by atoms with Gasteiger partial charge in [-0.05, 0) is 30.9 Å². The maximum absolute atomic E-state index is 12.7. The van der Waals surface area contributed by atoms with Gasteiger partial charge in [-0.15, -0.1) is 0 Å². The van der Waals surface area contributed by atoms with Crippen LogP contribution in [0.15, 0.2) is 24.3 Å². The summed E-state index contributed by atoms with van der Waals surface area (Å²) in [6, 6.07) is 8.34. The molecule has 0 spiro atoms. The van der Waals surface area contributed by atoms with Gasteiger partial charge in [0.25, 0.3) is 0 Å². The van der Waals surface area contributed by atoms with Gasteiger partial charge in [0.05, 0.1) is 12.5 Å². The highest BCUT2D eigenvalue weighted by Gasteiger charge is 2.40. The summed E-state index contributed by atoms with van der Waals surface area (Å²) in [6.45, 7) is 3.42. The molecule has 1 amide bonds. The van der Waals surface area contributed by atoms with Gasteiger partial charge < -0.3 is 10.0 Å². The normalized spacial score (nSPS) is 24.5. The summed E-state index contributed by atoms with van der Waals surface area (Å²) in [5.41, 5.74) is 2.21. The molecule has 1 heterocycles. The fourth-order valence-electron chi connectivity index (χ4n) is 4.56. The smallest absolute Gasteiger partial charge is 0.308 e. The molecule has 1 saturated carbocycles. The third-order valence-electron chi connectivity index (χ3n) is 6.18. The second-order valence-corrected chi connectivity index (χ2v) is 7.90. The van der Waals surface area contributed by atoms with Crippen molar-refractivity contribution >= 4 is 11.9 Å². The lowest BCUT2D eigenvalue weighted by Crippen LogP contribution is -2.43. The zero-order chi connectivity index (χ0) is 18.7. The largest absolute Gasteiger partial charge is 0.481 e. The summed E-state index contributed by atoms with van der Waals surface area (Å²) < 4.78 is 0. The molecule has 0 unspecified atom stereocenters. The average molecular weight is 358 g/mol. The number of benzene rings is 1. The van der Waals surface area contributed by atoms with Crippen LogP contribution in [0.2, 0.25) is 0 Å². The molecule has 2 aliphatic rings. The van der Waals surface area contributed by atoms with Crippen molar-refractivity contribution in [1.82, 2.24) is 9.80 Å². The number of carboxylic acid groups (broad SMARTS) is 1. The first-order chi connectivity index (χ1) is 12.5. The zero-order valence-corrected chi connectivity index (χ0v) is 15.9. The van der Waals surface area contributed by atoms with E-state index in [1.807, 2.05) is 48.0 Å². The van der Waals surface area contributed by atoms with Crippen LogP contribution in [0.1, 0.15) is 49.1 Å². The van der Waals surface area contributed by atoms with Crippen LogP contribution in [0.4, 0.5) is 0 Å². The molecular formula is C21H30N2O3. The molecule has 1 N–H and O–H groups in total. The maximum atomic E-state index is 12.7.